The first-order chi connectivity index (χ1) is 23.3. The quantitative estimate of drug-likeness (QED) is 0.190. The molecule has 0 amide bonds. The normalized spacial score (nSPS) is 11.8. The van der Waals surface area contributed by atoms with Crippen LogP contribution in [0.5, 0.6) is 0 Å². The summed E-state index contributed by atoms with van der Waals surface area (Å²) in [6, 6.07) is 56.5. The fourth-order valence-electron chi connectivity index (χ4n) is 7.45. The Balaban J connectivity index is 1.20. The number of pyridine rings is 2. The van der Waals surface area contributed by atoms with Gasteiger partial charge in [0.25, 0.3) is 0 Å². The maximum atomic E-state index is 5.20. The fraction of sp³-hybridized carbons (Fsp3) is 0. The van der Waals surface area contributed by atoms with Crippen LogP contribution in [0.2, 0.25) is 0 Å². The molecule has 0 aliphatic rings. The molecule has 47 heavy (non-hydrogen) atoms. The molecule has 0 bridgehead atoms. The van der Waals surface area contributed by atoms with Gasteiger partial charge in [0.2, 0.25) is 0 Å². The Kier molecular flexibility index (Phi) is 5.57. The Hall–Kier alpha value is -6.32. The number of benzene rings is 7. The maximum Gasteiger partial charge on any atom is 0.137 e. The van der Waals surface area contributed by atoms with Crippen molar-refractivity contribution in [1.29, 1.82) is 0 Å². The first kappa shape index (κ1) is 26.0. The van der Waals surface area contributed by atoms with Gasteiger partial charge in [0.1, 0.15) is 11.2 Å². The number of fused-ring (bicyclic) bond motifs is 8. The number of hydrogen-bond acceptors (Lipinski definition) is 2. The van der Waals surface area contributed by atoms with Gasteiger partial charge < -0.3 is 0 Å². The molecule has 0 saturated heterocycles. The van der Waals surface area contributed by atoms with Crippen molar-refractivity contribution in [3.05, 3.63) is 164 Å². The molecule has 0 atom stereocenters. The van der Waals surface area contributed by atoms with Crippen molar-refractivity contribution < 1.29 is 0 Å². The van der Waals surface area contributed by atoms with Gasteiger partial charge in [-0.15, -0.1) is 0 Å². The van der Waals surface area contributed by atoms with Gasteiger partial charge in [0.15, 0.2) is 0 Å². The number of aromatic nitrogens is 3. The molecular weight excluding hydrogens is 571 g/mol. The van der Waals surface area contributed by atoms with E-state index in [1.54, 1.807) is 0 Å². The van der Waals surface area contributed by atoms with Crippen molar-refractivity contribution in [3.63, 3.8) is 0 Å². The second kappa shape index (κ2) is 10.1. The lowest BCUT2D eigenvalue weighted by atomic mass is 9.85. The van der Waals surface area contributed by atoms with E-state index in [0.717, 1.165) is 38.8 Å². The molecule has 0 unspecified atom stereocenters. The monoisotopic (exact) mass is 597 g/mol. The first-order valence-electron chi connectivity index (χ1n) is 16.0. The molecule has 7 aromatic carbocycles. The molecule has 0 radical (unpaired) electrons. The summed E-state index contributed by atoms with van der Waals surface area (Å²) in [4.78, 5) is 10.2. The van der Waals surface area contributed by atoms with Gasteiger partial charge in [-0.3, -0.25) is 4.40 Å². The molecule has 0 fully saturated rings. The van der Waals surface area contributed by atoms with Crippen molar-refractivity contribution in [3.8, 4) is 33.5 Å². The van der Waals surface area contributed by atoms with E-state index in [4.69, 9.17) is 9.97 Å². The van der Waals surface area contributed by atoms with E-state index in [1.807, 2.05) is 18.2 Å². The zero-order chi connectivity index (χ0) is 30.9. The molecule has 3 aromatic heterocycles. The Morgan fingerprint density at radius 3 is 1.68 bits per heavy atom. The van der Waals surface area contributed by atoms with Crippen molar-refractivity contribution in [2.75, 3.05) is 0 Å². The summed E-state index contributed by atoms with van der Waals surface area (Å²) in [5.74, 6) is 0. The van der Waals surface area contributed by atoms with E-state index in [1.165, 1.54) is 54.6 Å². The molecule has 3 heterocycles. The SMILES string of the molecule is c1ccc2cc(-c3c4ccccc4c(-c4ccc(-c5nc6ccccc6c6nc7ccccn7c56)cc4)c4ccccc34)ccc2c1. The van der Waals surface area contributed by atoms with E-state index in [9.17, 15) is 0 Å². The molecule has 10 aromatic rings. The topological polar surface area (TPSA) is 30.2 Å². The Morgan fingerprint density at radius 1 is 0.404 bits per heavy atom. The molecule has 0 saturated carbocycles. The predicted molar refractivity (Wildman–Crippen MR) is 197 cm³/mol. The van der Waals surface area contributed by atoms with Crippen LogP contribution in [-0.2, 0) is 0 Å². The predicted octanol–water partition coefficient (Wildman–Crippen LogP) is 11.5. The highest BCUT2D eigenvalue weighted by atomic mass is 15.0. The van der Waals surface area contributed by atoms with Crippen molar-refractivity contribution in [2.45, 2.75) is 0 Å². The van der Waals surface area contributed by atoms with Gasteiger partial charge in [0.05, 0.1) is 16.7 Å². The smallest absolute Gasteiger partial charge is 0.137 e. The highest BCUT2D eigenvalue weighted by molar-refractivity contribution is 6.21. The minimum Gasteiger partial charge on any atom is -0.298 e. The number of para-hydroxylation sites is 1. The Labute approximate surface area is 271 Å². The third-order valence-electron chi connectivity index (χ3n) is 9.56. The fourth-order valence-corrected chi connectivity index (χ4v) is 7.45. The van der Waals surface area contributed by atoms with Gasteiger partial charge >= 0.3 is 0 Å². The van der Waals surface area contributed by atoms with E-state index in [0.29, 0.717) is 0 Å². The average Bonchev–Trinajstić information content (AvgIpc) is 3.54. The summed E-state index contributed by atoms with van der Waals surface area (Å²) >= 11 is 0. The average molecular weight is 598 g/mol. The van der Waals surface area contributed by atoms with Crippen LogP contribution >= 0.6 is 0 Å². The molecule has 0 spiro atoms. The first-order valence-corrected chi connectivity index (χ1v) is 16.0. The summed E-state index contributed by atoms with van der Waals surface area (Å²) in [7, 11) is 0. The van der Waals surface area contributed by atoms with Gasteiger partial charge in [0, 0.05) is 17.1 Å². The Bertz CT molecular complexity index is 2790. The van der Waals surface area contributed by atoms with Crippen LogP contribution in [0.3, 0.4) is 0 Å². The van der Waals surface area contributed by atoms with Crippen LogP contribution in [0.25, 0.3) is 93.4 Å². The van der Waals surface area contributed by atoms with Crippen molar-refractivity contribution in [2.24, 2.45) is 0 Å². The molecule has 0 aliphatic carbocycles. The summed E-state index contributed by atoms with van der Waals surface area (Å²) in [5.41, 5.74) is 10.8. The van der Waals surface area contributed by atoms with Crippen molar-refractivity contribution in [1.82, 2.24) is 14.4 Å². The molecule has 0 N–H and O–H groups in total. The zero-order valence-corrected chi connectivity index (χ0v) is 25.4. The van der Waals surface area contributed by atoms with Crippen LogP contribution < -0.4 is 0 Å². The second-order valence-corrected chi connectivity index (χ2v) is 12.2. The van der Waals surface area contributed by atoms with Gasteiger partial charge in [-0.1, -0.05) is 133 Å². The Morgan fingerprint density at radius 2 is 0.957 bits per heavy atom. The third kappa shape index (κ3) is 3.93. The summed E-state index contributed by atoms with van der Waals surface area (Å²) in [6.07, 6.45) is 2.08. The lowest BCUT2D eigenvalue weighted by Crippen LogP contribution is -1.93. The highest BCUT2D eigenvalue weighted by Gasteiger charge is 2.19. The van der Waals surface area contributed by atoms with Gasteiger partial charge in [-0.2, -0.15) is 0 Å². The third-order valence-corrected chi connectivity index (χ3v) is 9.56. The van der Waals surface area contributed by atoms with Crippen molar-refractivity contribution >= 4 is 59.9 Å². The van der Waals surface area contributed by atoms with E-state index in [-0.39, 0.29) is 0 Å². The second-order valence-electron chi connectivity index (χ2n) is 12.2. The summed E-state index contributed by atoms with van der Waals surface area (Å²) < 4.78 is 2.16. The van der Waals surface area contributed by atoms with Crippen LogP contribution in [0, 0.1) is 0 Å². The van der Waals surface area contributed by atoms with Crippen LogP contribution in [-0.4, -0.2) is 14.4 Å². The lowest BCUT2D eigenvalue weighted by Gasteiger charge is -2.18. The standard InChI is InChI=1S/C44H27N3/c1-2-12-31-27-32(25-20-28(31)11-1)41-35-15-5-3-13-33(35)40(34-14-4-6-16-36(34)41)29-21-23-30(24-22-29)42-44-43(37-17-7-8-18-38(37)45-42)46-39-19-9-10-26-47(39)44/h1-27H. The highest BCUT2D eigenvalue weighted by Crippen LogP contribution is 2.44. The van der Waals surface area contributed by atoms with Crippen LogP contribution in [0.15, 0.2) is 164 Å². The summed E-state index contributed by atoms with van der Waals surface area (Å²) in [5, 5.41) is 8.57. The molecule has 218 valence electrons. The van der Waals surface area contributed by atoms with Crippen LogP contribution in [0.4, 0.5) is 0 Å². The minimum absolute atomic E-state index is 0.919. The van der Waals surface area contributed by atoms with E-state index < -0.39 is 0 Å². The molecule has 10 rings (SSSR count). The molecule has 3 nitrogen and oxygen atoms in total. The van der Waals surface area contributed by atoms with Gasteiger partial charge in [-0.25, -0.2) is 9.97 Å². The number of nitrogens with zero attached hydrogens (tertiary/aromatic N) is 3. The van der Waals surface area contributed by atoms with E-state index in [2.05, 4.69) is 150 Å². The lowest BCUT2D eigenvalue weighted by molar-refractivity contribution is 1.22. The number of rotatable bonds is 3. The molecule has 3 heteroatoms. The van der Waals surface area contributed by atoms with Gasteiger partial charge in [-0.05, 0) is 78.8 Å². The molecule has 0 aliphatic heterocycles. The number of hydrogen-bond donors (Lipinski definition) is 0. The molecular formula is C44H27N3. The summed E-state index contributed by atoms with van der Waals surface area (Å²) in [6.45, 7) is 0. The van der Waals surface area contributed by atoms with E-state index >= 15 is 0 Å². The minimum atomic E-state index is 0.919. The maximum absolute atomic E-state index is 5.20. The number of imidazole rings is 1. The largest absolute Gasteiger partial charge is 0.298 e. The van der Waals surface area contributed by atoms with Crippen LogP contribution in [0.1, 0.15) is 0 Å². The zero-order valence-electron chi connectivity index (χ0n) is 25.4.